The first-order valence-electron chi connectivity index (χ1n) is 6.95. The first-order valence-corrected chi connectivity index (χ1v) is 6.95. The molecule has 0 fully saturated rings. The van der Waals surface area contributed by atoms with Crippen molar-refractivity contribution >= 4 is 17.3 Å². The molecule has 0 aromatic heterocycles. The van der Waals surface area contributed by atoms with Crippen LogP contribution in [0.3, 0.4) is 0 Å². The third-order valence-electron chi connectivity index (χ3n) is 3.79. The van der Waals surface area contributed by atoms with E-state index in [9.17, 15) is 20.0 Å². The molecule has 0 atom stereocenters. The molecule has 0 bridgehead atoms. The predicted octanol–water partition coefficient (Wildman–Crippen LogP) is 3.04. The number of fused-ring (bicyclic) bond motifs is 1. The number of aromatic hydroxyl groups is 1. The van der Waals surface area contributed by atoms with Gasteiger partial charge < -0.3 is 10.4 Å². The Kier molecular flexibility index (Phi) is 3.50. The number of non-ortho nitro benzene ring substituents is 1. The van der Waals surface area contributed by atoms with Gasteiger partial charge in [0.1, 0.15) is 5.75 Å². The molecule has 0 saturated heterocycles. The van der Waals surface area contributed by atoms with Crippen molar-refractivity contribution in [2.45, 2.75) is 19.3 Å². The van der Waals surface area contributed by atoms with Crippen LogP contribution in [0.2, 0.25) is 0 Å². The molecule has 0 unspecified atom stereocenters. The minimum absolute atomic E-state index is 0.116. The Balaban J connectivity index is 1.85. The zero-order chi connectivity index (χ0) is 15.7. The highest BCUT2D eigenvalue weighted by molar-refractivity contribution is 6.06. The molecule has 2 N–H and O–H groups in total. The number of phenols is 1. The molecule has 0 saturated carbocycles. The van der Waals surface area contributed by atoms with E-state index in [-0.39, 0.29) is 17.0 Å². The third kappa shape index (κ3) is 2.63. The van der Waals surface area contributed by atoms with Crippen LogP contribution in [0.5, 0.6) is 5.75 Å². The third-order valence-corrected chi connectivity index (χ3v) is 3.79. The highest BCUT2D eigenvalue weighted by Gasteiger charge is 2.17. The SMILES string of the molecule is O=C(Nc1ccc2c(c1)CCC2)c1cc([N+](=O)[O-])ccc1O. The zero-order valence-electron chi connectivity index (χ0n) is 11.7. The lowest BCUT2D eigenvalue weighted by molar-refractivity contribution is -0.384. The predicted molar refractivity (Wildman–Crippen MR) is 81.2 cm³/mol. The topological polar surface area (TPSA) is 92.5 Å². The number of rotatable bonds is 3. The minimum atomic E-state index is -0.606. The van der Waals surface area contributed by atoms with E-state index in [1.807, 2.05) is 12.1 Å². The van der Waals surface area contributed by atoms with Crippen LogP contribution in [0.1, 0.15) is 27.9 Å². The Morgan fingerprint density at radius 2 is 1.91 bits per heavy atom. The van der Waals surface area contributed by atoms with Gasteiger partial charge in [0.05, 0.1) is 10.5 Å². The quantitative estimate of drug-likeness (QED) is 0.673. The highest BCUT2D eigenvalue weighted by atomic mass is 16.6. The average Bonchev–Trinajstić information content (AvgIpc) is 2.94. The number of amides is 1. The second-order valence-corrected chi connectivity index (χ2v) is 5.25. The molecule has 6 nitrogen and oxygen atoms in total. The van der Waals surface area contributed by atoms with Crippen LogP contribution < -0.4 is 5.32 Å². The summed E-state index contributed by atoms with van der Waals surface area (Å²) in [6.07, 6.45) is 3.15. The monoisotopic (exact) mass is 298 g/mol. The maximum absolute atomic E-state index is 12.2. The maximum Gasteiger partial charge on any atom is 0.270 e. The molecule has 6 heteroatoms. The van der Waals surface area contributed by atoms with Gasteiger partial charge in [-0.3, -0.25) is 14.9 Å². The van der Waals surface area contributed by atoms with Crippen LogP contribution in [0.15, 0.2) is 36.4 Å². The molecule has 112 valence electrons. The molecule has 2 aromatic rings. The van der Waals surface area contributed by atoms with E-state index < -0.39 is 10.8 Å². The van der Waals surface area contributed by atoms with Gasteiger partial charge in [-0.15, -0.1) is 0 Å². The van der Waals surface area contributed by atoms with E-state index in [1.165, 1.54) is 11.1 Å². The second-order valence-electron chi connectivity index (χ2n) is 5.25. The largest absolute Gasteiger partial charge is 0.507 e. The Morgan fingerprint density at radius 3 is 2.68 bits per heavy atom. The van der Waals surface area contributed by atoms with Crippen LogP contribution in [-0.4, -0.2) is 15.9 Å². The lowest BCUT2D eigenvalue weighted by Crippen LogP contribution is -2.12. The van der Waals surface area contributed by atoms with Crippen molar-refractivity contribution in [1.29, 1.82) is 0 Å². The van der Waals surface area contributed by atoms with E-state index in [4.69, 9.17) is 0 Å². The molecule has 0 heterocycles. The van der Waals surface area contributed by atoms with Crippen molar-refractivity contribution in [1.82, 2.24) is 0 Å². The summed E-state index contributed by atoms with van der Waals surface area (Å²) in [5.41, 5.74) is 2.76. The number of nitrogens with one attached hydrogen (secondary N) is 1. The number of carbonyl (C=O) groups is 1. The fourth-order valence-corrected chi connectivity index (χ4v) is 2.67. The van der Waals surface area contributed by atoms with Gasteiger partial charge in [-0.05, 0) is 48.6 Å². The van der Waals surface area contributed by atoms with Gasteiger partial charge in [0, 0.05) is 17.8 Å². The molecule has 3 rings (SSSR count). The number of hydrogen-bond donors (Lipinski definition) is 2. The zero-order valence-corrected chi connectivity index (χ0v) is 11.7. The van der Waals surface area contributed by atoms with Gasteiger partial charge in [-0.2, -0.15) is 0 Å². The molecule has 1 aliphatic carbocycles. The molecule has 1 amide bonds. The van der Waals surface area contributed by atoms with Crippen LogP contribution in [0, 0.1) is 10.1 Å². The number of carbonyl (C=O) groups excluding carboxylic acids is 1. The maximum atomic E-state index is 12.2. The van der Waals surface area contributed by atoms with E-state index in [0.29, 0.717) is 5.69 Å². The summed E-state index contributed by atoms with van der Waals surface area (Å²) >= 11 is 0. The van der Waals surface area contributed by atoms with Crippen molar-refractivity contribution in [3.05, 3.63) is 63.2 Å². The van der Waals surface area contributed by atoms with E-state index >= 15 is 0 Å². The number of nitrogens with zero attached hydrogens (tertiary/aromatic N) is 1. The van der Waals surface area contributed by atoms with Crippen molar-refractivity contribution in [3.63, 3.8) is 0 Å². The smallest absolute Gasteiger partial charge is 0.270 e. The summed E-state index contributed by atoms with van der Waals surface area (Å²) in [4.78, 5) is 22.4. The standard InChI is InChI=1S/C16H14N2O4/c19-15-7-6-13(18(21)22)9-14(15)16(20)17-12-5-4-10-2-1-3-11(10)8-12/h4-9,19H,1-3H2,(H,17,20). The van der Waals surface area contributed by atoms with Crippen LogP contribution >= 0.6 is 0 Å². The fraction of sp³-hybridized carbons (Fsp3) is 0.188. The normalized spacial score (nSPS) is 12.7. The second kappa shape index (κ2) is 5.48. The first-order chi connectivity index (χ1) is 10.5. The average molecular weight is 298 g/mol. The summed E-state index contributed by atoms with van der Waals surface area (Å²) in [6.45, 7) is 0. The van der Waals surface area contributed by atoms with Crippen molar-refractivity contribution < 1.29 is 14.8 Å². The van der Waals surface area contributed by atoms with Crippen LogP contribution in [0.25, 0.3) is 0 Å². The van der Waals surface area contributed by atoms with Crippen LogP contribution in [-0.2, 0) is 12.8 Å². The van der Waals surface area contributed by atoms with Gasteiger partial charge in [-0.1, -0.05) is 6.07 Å². The van der Waals surface area contributed by atoms with Gasteiger partial charge in [-0.25, -0.2) is 0 Å². The number of benzene rings is 2. The summed E-state index contributed by atoms with van der Waals surface area (Å²) < 4.78 is 0. The van der Waals surface area contributed by atoms with Gasteiger partial charge in [0.15, 0.2) is 0 Å². The fourth-order valence-electron chi connectivity index (χ4n) is 2.67. The molecular formula is C16H14N2O4. The Bertz CT molecular complexity index is 771. The van der Waals surface area contributed by atoms with E-state index in [0.717, 1.165) is 37.5 Å². The minimum Gasteiger partial charge on any atom is -0.507 e. The summed E-state index contributed by atoms with van der Waals surface area (Å²) in [6, 6.07) is 9.06. The van der Waals surface area contributed by atoms with E-state index in [2.05, 4.69) is 5.32 Å². The van der Waals surface area contributed by atoms with Crippen molar-refractivity contribution in [3.8, 4) is 5.75 Å². The molecule has 0 aliphatic heterocycles. The lowest BCUT2D eigenvalue weighted by Gasteiger charge is -2.08. The van der Waals surface area contributed by atoms with Crippen molar-refractivity contribution in [2.75, 3.05) is 5.32 Å². The molecule has 22 heavy (non-hydrogen) atoms. The number of nitro groups is 1. The molecule has 0 spiro atoms. The summed E-state index contributed by atoms with van der Waals surface area (Å²) in [5.74, 6) is -0.858. The molecule has 2 aromatic carbocycles. The summed E-state index contributed by atoms with van der Waals surface area (Å²) in [5, 5.41) is 23.2. The Morgan fingerprint density at radius 1 is 1.14 bits per heavy atom. The van der Waals surface area contributed by atoms with Gasteiger partial charge >= 0.3 is 0 Å². The van der Waals surface area contributed by atoms with Gasteiger partial charge in [0.2, 0.25) is 0 Å². The van der Waals surface area contributed by atoms with Crippen molar-refractivity contribution in [2.24, 2.45) is 0 Å². The number of anilines is 1. The highest BCUT2D eigenvalue weighted by Crippen LogP contribution is 2.27. The number of hydrogen-bond acceptors (Lipinski definition) is 4. The van der Waals surface area contributed by atoms with E-state index in [1.54, 1.807) is 6.07 Å². The lowest BCUT2D eigenvalue weighted by atomic mass is 10.1. The molecular weight excluding hydrogens is 284 g/mol. The number of aryl methyl sites for hydroxylation is 2. The Labute approximate surface area is 126 Å². The Hall–Kier alpha value is -2.89. The van der Waals surface area contributed by atoms with Gasteiger partial charge in [0.25, 0.3) is 11.6 Å². The molecule has 1 aliphatic rings. The molecule has 0 radical (unpaired) electrons. The number of nitro benzene ring substituents is 1. The van der Waals surface area contributed by atoms with Crippen LogP contribution in [0.4, 0.5) is 11.4 Å². The number of phenolic OH excluding ortho intramolecular Hbond substituents is 1. The summed E-state index contributed by atoms with van der Waals surface area (Å²) in [7, 11) is 0. The first kappa shape index (κ1) is 14.1.